The molecule has 0 amide bonds. The largest absolute Gasteiger partial charge is 0.329 e. The van der Waals surface area contributed by atoms with Gasteiger partial charge in [0, 0.05) is 18.1 Å². The SMILES string of the molecule is CC(C)NC1(CN)CCCCCCCCC1. The van der Waals surface area contributed by atoms with Crippen LogP contribution in [0.25, 0.3) is 0 Å². The summed E-state index contributed by atoms with van der Waals surface area (Å²) in [6.07, 6.45) is 12.3. The van der Waals surface area contributed by atoms with Crippen molar-refractivity contribution in [3.05, 3.63) is 0 Å². The van der Waals surface area contributed by atoms with Crippen LogP contribution in [0, 0.1) is 0 Å². The van der Waals surface area contributed by atoms with Crippen molar-refractivity contribution in [1.29, 1.82) is 0 Å². The highest BCUT2D eigenvalue weighted by Crippen LogP contribution is 2.25. The van der Waals surface area contributed by atoms with Crippen LogP contribution in [0.1, 0.15) is 71.6 Å². The molecule has 1 aliphatic carbocycles. The van der Waals surface area contributed by atoms with E-state index in [4.69, 9.17) is 5.73 Å². The second-order valence-electron chi connectivity index (χ2n) is 5.76. The summed E-state index contributed by atoms with van der Waals surface area (Å²) < 4.78 is 0. The molecular formula is C14H30N2. The molecule has 0 unspecified atom stereocenters. The predicted octanol–water partition coefficient (Wildman–Crippen LogP) is 3.21. The fraction of sp³-hybridized carbons (Fsp3) is 1.00. The highest BCUT2D eigenvalue weighted by atomic mass is 15.0. The Morgan fingerprint density at radius 3 is 1.75 bits per heavy atom. The average Bonchev–Trinajstić information content (AvgIpc) is 2.26. The predicted molar refractivity (Wildman–Crippen MR) is 71.6 cm³/mol. The lowest BCUT2D eigenvalue weighted by Gasteiger charge is -2.36. The summed E-state index contributed by atoms with van der Waals surface area (Å²) in [5.41, 5.74) is 6.26. The van der Waals surface area contributed by atoms with Crippen LogP contribution in [0.4, 0.5) is 0 Å². The summed E-state index contributed by atoms with van der Waals surface area (Å²) in [6.45, 7) is 5.26. The molecule has 0 aliphatic heterocycles. The van der Waals surface area contributed by atoms with Gasteiger partial charge in [-0.05, 0) is 12.8 Å². The molecule has 1 rings (SSSR count). The second-order valence-corrected chi connectivity index (χ2v) is 5.76. The van der Waals surface area contributed by atoms with E-state index < -0.39 is 0 Å². The monoisotopic (exact) mass is 226 g/mol. The first kappa shape index (κ1) is 14.0. The molecule has 16 heavy (non-hydrogen) atoms. The maximum atomic E-state index is 6.03. The second kappa shape index (κ2) is 7.29. The van der Waals surface area contributed by atoms with Crippen molar-refractivity contribution < 1.29 is 0 Å². The highest BCUT2D eigenvalue weighted by Gasteiger charge is 2.28. The summed E-state index contributed by atoms with van der Waals surface area (Å²) in [5.74, 6) is 0. The normalized spacial score (nSPS) is 23.2. The lowest BCUT2D eigenvalue weighted by Crippen LogP contribution is -2.53. The molecule has 2 heteroatoms. The van der Waals surface area contributed by atoms with Gasteiger partial charge in [-0.2, -0.15) is 0 Å². The van der Waals surface area contributed by atoms with Crippen LogP contribution in [0.15, 0.2) is 0 Å². The Kier molecular flexibility index (Phi) is 6.37. The van der Waals surface area contributed by atoms with Crippen molar-refractivity contribution in [3.63, 3.8) is 0 Å². The van der Waals surface area contributed by atoms with Gasteiger partial charge in [-0.25, -0.2) is 0 Å². The molecule has 0 heterocycles. The van der Waals surface area contributed by atoms with Gasteiger partial charge in [-0.3, -0.25) is 0 Å². The summed E-state index contributed by atoms with van der Waals surface area (Å²) in [6, 6.07) is 0.548. The molecular weight excluding hydrogens is 196 g/mol. The molecule has 0 atom stereocenters. The fourth-order valence-electron chi connectivity index (χ4n) is 2.96. The minimum Gasteiger partial charge on any atom is -0.329 e. The number of nitrogens with two attached hydrogens (primary N) is 1. The van der Waals surface area contributed by atoms with Crippen LogP contribution in [-0.4, -0.2) is 18.1 Å². The first-order valence-electron chi connectivity index (χ1n) is 7.16. The number of hydrogen-bond acceptors (Lipinski definition) is 2. The Morgan fingerprint density at radius 1 is 0.938 bits per heavy atom. The maximum Gasteiger partial charge on any atom is 0.0306 e. The first-order valence-corrected chi connectivity index (χ1v) is 7.16. The zero-order valence-corrected chi connectivity index (χ0v) is 11.2. The fourth-order valence-corrected chi connectivity index (χ4v) is 2.96. The summed E-state index contributed by atoms with van der Waals surface area (Å²) in [5, 5.41) is 3.74. The first-order chi connectivity index (χ1) is 7.68. The van der Waals surface area contributed by atoms with E-state index in [1.54, 1.807) is 0 Å². The molecule has 0 aromatic rings. The van der Waals surface area contributed by atoms with Crippen molar-refractivity contribution in [2.75, 3.05) is 6.54 Å². The molecule has 0 saturated heterocycles. The van der Waals surface area contributed by atoms with Gasteiger partial charge in [0.25, 0.3) is 0 Å². The number of hydrogen-bond donors (Lipinski definition) is 2. The van der Waals surface area contributed by atoms with Crippen LogP contribution in [0.3, 0.4) is 0 Å². The van der Waals surface area contributed by atoms with Crippen molar-refractivity contribution in [1.82, 2.24) is 5.32 Å². The van der Waals surface area contributed by atoms with Crippen LogP contribution in [-0.2, 0) is 0 Å². The van der Waals surface area contributed by atoms with Gasteiger partial charge in [0.15, 0.2) is 0 Å². The third-order valence-electron chi connectivity index (χ3n) is 3.80. The Balaban J connectivity index is 2.53. The van der Waals surface area contributed by atoms with E-state index in [9.17, 15) is 0 Å². The van der Waals surface area contributed by atoms with Gasteiger partial charge >= 0.3 is 0 Å². The van der Waals surface area contributed by atoms with Crippen LogP contribution in [0.2, 0.25) is 0 Å². The standard InChI is InChI=1S/C14H30N2/c1-13(2)16-14(12-15)10-8-6-4-3-5-7-9-11-14/h13,16H,3-12,15H2,1-2H3. The molecule has 1 saturated carbocycles. The smallest absolute Gasteiger partial charge is 0.0306 e. The minimum absolute atomic E-state index is 0.228. The van der Waals surface area contributed by atoms with Gasteiger partial charge in [-0.1, -0.05) is 58.8 Å². The molecule has 3 N–H and O–H groups in total. The maximum absolute atomic E-state index is 6.03. The third-order valence-corrected chi connectivity index (χ3v) is 3.80. The number of rotatable bonds is 3. The number of nitrogens with one attached hydrogen (secondary N) is 1. The van der Waals surface area contributed by atoms with Crippen LogP contribution < -0.4 is 11.1 Å². The zero-order chi connectivity index (χ0) is 11.9. The van der Waals surface area contributed by atoms with Crippen LogP contribution in [0.5, 0.6) is 0 Å². The topological polar surface area (TPSA) is 38.0 Å². The summed E-state index contributed by atoms with van der Waals surface area (Å²) in [7, 11) is 0. The molecule has 1 fully saturated rings. The van der Waals surface area contributed by atoms with E-state index in [0.717, 1.165) is 6.54 Å². The molecule has 96 valence electrons. The Labute approximate surface area is 101 Å². The average molecular weight is 226 g/mol. The van der Waals surface area contributed by atoms with Crippen molar-refractivity contribution >= 4 is 0 Å². The van der Waals surface area contributed by atoms with Gasteiger partial charge in [0.2, 0.25) is 0 Å². The molecule has 2 nitrogen and oxygen atoms in total. The highest BCUT2D eigenvalue weighted by molar-refractivity contribution is 4.90. The van der Waals surface area contributed by atoms with E-state index in [1.807, 2.05) is 0 Å². The van der Waals surface area contributed by atoms with E-state index in [-0.39, 0.29) is 5.54 Å². The Morgan fingerprint density at radius 2 is 1.38 bits per heavy atom. The Bertz CT molecular complexity index is 168. The van der Waals surface area contributed by atoms with E-state index in [2.05, 4.69) is 19.2 Å². The molecule has 0 radical (unpaired) electrons. The molecule has 0 aromatic heterocycles. The molecule has 0 bridgehead atoms. The summed E-state index contributed by atoms with van der Waals surface area (Å²) in [4.78, 5) is 0. The Hall–Kier alpha value is -0.0800. The van der Waals surface area contributed by atoms with Crippen molar-refractivity contribution in [2.24, 2.45) is 5.73 Å². The lowest BCUT2D eigenvalue weighted by molar-refractivity contribution is 0.246. The van der Waals surface area contributed by atoms with Crippen LogP contribution >= 0.6 is 0 Å². The lowest BCUT2D eigenvalue weighted by atomic mass is 9.84. The van der Waals surface area contributed by atoms with E-state index in [0.29, 0.717) is 6.04 Å². The van der Waals surface area contributed by atoms with E-state index >= 15 is 0 Å². The summed E-state index contributed by atoms with van der Waals surface area (Å²) >= 11 is 0. The molecule has 0 aromatic carbocycles. The van der Waals surface area contributed by atoms with Gasteiger partial charge in [0.05, 0.1) is 0 Å². The van der Waals surface area contributed by atoms with Crippen molar-refractivity contribution in [2.45, 2.75) is 83.2 Å². The van der Waals surface area contributed by atoms with Gasteiger partial charge < -0.3 is 11.1 Å². The molecule has 0 spiro atoms. The molecule has 1 aliphatic rings. The van der Waals surface area contributed by atoms with Gasteiger partial charge in [-0.15, -0.1) is 0 Å². The quantitative estimate of drug-likeness (QED) is 0.775. The third kappa shape index (κ3) is 4.84. The zero-order valence-electron chi connectivity index (χ0n) is 11.2. The minimum atomic E-state index is 0.228. The van der Waals surface area contributed by atoms with Gasteiger partial charge in [0.1, 0.15) is 0 Å². The van der Waals surface area contributed by atoms with E-state index in [1.165, 1.54) is 57.8 Å². The van der Waals surface area contributed by atoms with Crippen molar-refractivity contribution in [3.8, 4) is 0 Å².